The topological polar surface area (TPSA) is 136 Å². The minimum atomic E-state index is -1.10. The molecule has 9 nitrogen and oxygen atoms in total. The molecule has 0 aliphatic heterocycles. The predicted octanol–water partition coefficient (Wildman–Crippen LogP) is 1.36. The van der Waals surface area contributed by atoms with Crippen molar-refractivity contribution in [1.82, 2.24) is 25.3 Å². The Bertz CT molecular complexity index is 1270. The van der Waals surface area contributed by atoms with E-state index in [4.69, 9.17) is 5.73 Å². The third kappa shape index (κ3) is 4.06. The van der Waals surface area contributed by atoms with Crippen LogP contribution in [-0.4, -0.2) is 43.6 Å². The lowest BCUT2D eigenvalue weighted by molar-refractivity contribution is -0.137. The van der Waals surface area contributed by atoms with Crippen LogP contribution in [0.5, 0.6) is 0 Å². The molecule has 9 heteroatoms. The van der Waals surface area contributed by atoms with E-state index in [0.717, 1.165) is 22.0 Å². The van der Waals surface area contributed by atoms with Crippen molar-refractivity contribution in [2.24, 2.45) is 12.8 Å². The summed E-state index contributed by atoms with van der Waals surface area (Å²) in [5, 5.41) is 14.9. The van der Waals surface area contributed by atoms with Crippen molar-refractivity contribution in [2.45, 2.75) is 12.5 Å². The number of Topliss-reactive ketones (excluding diaryl/α,β-unsaturated/α-hetero) is 1. The number of aromatic nitrogens is 4. The number of nitrogens with zero attached hydrogens (tertiary/aromatic N) is 3. The van der Waals surface area contributed by atoms with Crippen LogP contribution in [0.2, 0.25) is 0 Å². The molecule has 1 atom stereocenters. The van der Waals surface area contributed by atoms with Crippen LogP contribution in [0.15, 0.2) is 60.9 Å². The molecular weight excluding hydrogens is 396 g/mol. The van der Waals surface area contributed by atoms with E-state index in [2.05, 4.69) is 20.6 Å². The number of fused-ring (bicyclic) bond motifs is 1. The fraction of sp³-hybridized carbons (Fsp3) is 0.136. The number of rotatable bonds is 7. The van der Waals surface area contributed by atoms with E-state index in [1.807, 2.05) is 48.5 Å². The third-order valence-electron chi connectivity index (χ3n) is 4.96. The van der Waals surface area contributed by atoms with Crippen LogP contribution in [0.25, 0.3) is 22.2 Å². The lowest BCUT2D eigenvalue weighted by atomic mass is 10.0. The SMILES string of the molecule is Cn1cc(C(=O)NC(Cc2ccccc2)C(=O)C(N)=O)c(-c2cccc3[nH]ncc23)n1. The molecule has 4 aromatic rings. The Morgan fingerprint density at radius 3 is 2.65 bits per heavy atom. The highest BCUT2D eigenvalue weighted by molar-refractivity contribution is 6.38. The summed E-state index contributed by atoms with van der Waals surface area (Å²) in [5.74, 6) is -2.49. The van der Waals surface area contributed by atoms with E-state index in [-0.39, 0.29) is 12.0 Å². The van der Waals surface area contributed by atoms with Crippen molar-refractivity contribution in [3.8, 4) is 11.3 Å². The number of ketones is 1. The molecule has 0 radical (unpaired) electrons. The molecule has 4 N–H and O–H groups in total. The Labute approximate surface area is 177 Å². The number of carbonyl (C=O) groups excluding carboxylic acids is 3. The first-order valence-corrected chi connectivity index (χ1v) is 9.58. The van der Waals surface area contributed by atoms with Gasteiger partial charge in [0.25, 0.3) is 11.8 Å². The third-order valence-corrected chi connectivity index (χ3v) is 4.96. The highest BCUT2D eigenvalue weighted by atomic mass is 16.2. The van der Waals surface area contributed by atoms with E-state index in [9.17, 15) is 14.4 Å². The number of H-pyrrole nitrogens is 1. The Morgan fingerprint density at radius 1 is 1.13 bits per heavy atom. The second kappa shape index (κ2) is 8.23. The normalized spacial score (nSPS) is 11.9. The summed E-state index contributed by atoms with van der Waals surface area (Å²) in [6.07, 6.45) is 3.37. The molecule has 1 unspecified atom stereocenters. The Balaban J connectivity index is 1.68. The van der Waals surface area contributed by atoms with Gasteiger partial charge in [-0.15, -0.1) is 0 Å². The van der Waals surface area contributed by atoms with Crippen LogP contribution in [0.3, 0.4) is 0 Å². The molecule has 4 rings (SSSR count). The van der Waals surface area contributed by atoms with Crippen molar-refractivity contribution >= 4 is 28.5 Å². The van der Waals surface area contributed by atoms with Crippen LogP contribution in [0.4, 0.5) is 0 Å². The largest absolute Gasteiger partial charge is 0.363 e. The van der Waals surface area contributed by atoms with Crippen molar-refractivity contribution in [1.29, 1.82) is 0 Å². The number of aryl methyl sites for hydroxylation is 1. The number of hydrogen-bond acceptors (Lipinski definition) is 5. The Morgan fingerprint density at radius 2 is 1.90 bits per heavy atom. The summed E-state index contributed by atoms with van der Waals surface area (Å²) in [6.45, 7) is 0. The summed E-state index contributed by atoms with van der Waals surface area (Å²) in [4.78, 5) is 37.1. The van der Waals surface area contributed by atoms with Gasteiger partial charge in [-0.05, 0) is 11.6 Å². The number of carbonyl (C=O) groups is 3. The molecule has 0 saturated heterocycles. The van der Waals surface area contributed by atoms with Crippen LogP contribution < -0.4 is 11.1 Å². The number of nitrogens with two attached hydrogens (primary N) is 1. The van der Waals surface area contributed by atoms with Gasteiger partial charge < -0.3 is 11.1 Å². The van der Waals surface area contributed by atoms with Gasteiger partial charge >= 0.3 is 0 Å². The maximum Gasteiger partial charge on any atom is 0.287 e. The molecule has 2 heterocycles. The molecule has 2 aromatic carbocycles. The molecule has 2 aromatic heterocycles. The molecule has 156 valence electrons. The predicted molar refractivity (Wildman–Crippen MR) is 114 cm³/mol. The fourth-order valence-corrected chi connectivity index (χ4v) is 3.50. The zero-order chi connectivity index (χ0) is 22.0. The summed E-state index contributed by atoms with van der Waals surface area (Å²) < 4.78 is 1.52. The number of hydrogen-bond donors (Lipinski definition) is 3. The van der Waals surface area contributed by atoms with Gasteiger partial charge in [0.05, 0.1) is 17.3 Å². The summed E-state index contributed by atoms with van der Waals surface area (Å²) >= 11 is 0. The molecule has 0 bridgehead atoms. The minimum absolute atomic E-state index is 0.140. The van der Waals surface area contributed by atoms with Gasteiger partial charge in [-0.3, -0.25) is 24.2 Å². The first-order chi connectivity index (χ1) is 14.9. The maximum atomic E-state index is 13.2. The van der Waals surface area contributed by atoms with Crippen LogP contribution in [-0.2, 0) is 23.1 Å². The van der Waals surface area contributed by atoms with Crippen molar-refractivity contribution in [2.75, 3.05) is 0 Å². The molecule has 31 heavy (non-hydrogen) atoms. The van der Waals surface area contributed by atoms with Gasteiger partial charge in [-0.2, -0.15) is 10.2 Å². The zero-order valence-corrected chi connectivity index (χ0v) is 16.7. The van der Waals surface area contributed by atoms with Crippen molar-refractivity contribution < 1.29 is 14.4 Å². The monoisotopic (exact) mass is 416 g/mol. The maximum absolute atomic E-state index is 13.2. The Kier molecular flexibility index (Phi) is 5.31. The molecule has 0 saturated carbocycles. The number of benzene rings is 2. The number of primary amides is 1. The van der Waals surface area contributed by atoms with Gasteiger partial charge in [0.15, 0.2) is 0 Å². The summed E-state index contributed by atoms with van der Waals surface area (Å²) in [6, 6.07) is 13.5. The second-order valence-electron chi connectivity index (χ2n) is 7.15. The quantitative estimate of drug-likeness (QED) is 0.391. The van der Waals surface area contributed by atoms with Gasteiger partial charge in [-0.1, -0.05) is 42.5 Å². The fourth-order valence-electron chi connectivity index (χ4n) is 3.50. The average molecular weight is 416 g/mol. The number of nitrogens with one attached hydrogen (secondary N) is 2. The van der Waals surface area contributed by atoms with E-state index in [0.29, 0.717) is 5.69 Å². The first kappa shape index (κ1) is 20.0. The lowest BCUT2D eigenvalue weighted by Gasteiger charge is -2.16. The molecule has 0 spiro atoms. The first-order valence-electron chi connectivity index (χ1n) is 9.58. The van der Waals surface area contributed by atoms with E-state index in [1.54, 1.807) is 19.4 Å². The summed E-state index contributed by atoms with van der Waals surface area (Å²) in [7, 11) is 1.70. The second-order valence-corrected chi connectivity index (χ2v) is 7.15. The van der Waals surface area contributed by atoms with Crippen LogP contribution in [0, 0.1) is 0 Å². The van der Waals surface area contributed by atoms with E-state index < -0.39 is 23.6 Å². The molecule has 0 aliphatic rings. The molecule has 0 aliphatic carbocycles. The van der Waals surface area contributed by atoms with Gasteiger partial charge in [0, 0.05) is 30.6 Å². The molecule has 0 fully saturated rings. The van der Waals surface area contributed by atoms with Crippen LogP contribution >= 0.6 is 0 Å². The van der Waals surface area contributed by atoms with E-state index in [1.165, 1.54) is 4.68 Å². The van der Waals surface area contributed by atoms with E-state index >= 15 is 0 Å². The van der Waals surface area contributed by atoms with Crippen molar-refractivity contribution in [3.05, 3.63) is 72.1 Å². The smallest absolute Gasteiger partial charge is 0.287 e. The minimum Gasteiger partial charge on any atom is -0.363 e. The lowest BCUT2D eigenvalue weighted by Crippen LogP contribution is -2.47. The van der Waals surface area contributed by atoms with Gasteiger partial charge in [0.1, 0.15) is 11.7 Å². The zero-order valence-electron chi connectivity index (χ0n) is 16.7. The van der Waals surface area contributed by atoms with Gasteiger partial charge in [0.2, 0.25) is 5.78 Å². The van der Waals surface area contributed by atoms with Gasteiger partial charge in [-0.25, -0.2) is 0 Å². The highest BCUT2D eigenvalue weighted by Crippen LogP contribution is 2.29. The van der Waals surface area contributed by atoms with Crippen molar-refractivity contribution in [3.63, 3.8) is 0 Å². The molecule has 2 amide bonds. The number of amides is 2. The molecular formula is C22H20N6O3. The highest BCUT2D eigenvalue weighted by Gasteiger charge is 2.28. The standard InChI is InChI=1S/C22H20N6O3/c1-28-12-16(19(27-28)14-8-5-9-17-15(14)11-24-26-17)22(31)25-18(20(29)21(23)30)10-13-6-3-2-4-7-13/h2-9,11-12,18H,10H2,1H3,(H2,23,30)(H,24,26)(H,25,31). The number of aromatic amines is 1. The average Bonchev–Trinajstić information content (AvgIpc) is 3.39. The summed E-state index contributed by atoms with van der Waals surface area (Å²) in [5.41, 5.74) is 8.24. The Hall–Kier alpha value is -4.27. The van der Waals surface area contributed by atoms with Crippen LogP contribution in [0.1, 0.15) is 15.9 Å².